The number of benzene rings is 2. The summed E-state index contributed by atoms with van der Waals surface area (Å²) in [5.41, 5.74) is 2.63. The van der Waals surface area contributed by atoms with Crippen molar-refractivity contribution >= 4 is 16.9 Å². The van der Waals surface area contributed by atoms with E-state index < -0.39 is 0 Å². The van der Waals surface area contributed by atoms with E-state index in [1.807, 2.05) is 54.3 Å². The number of carbonyl (C=O) groups excluding carboxylic acids is 1. The largest absolute Gasteiger partial charge is 0.490 e. The van der Waals surface area contributed by atoms with Crippen LogP contribution in [0.3, 0.4) is 0 Å². The SMILES string of the molecule is CCCn1c(=O)n(CC(=O)N2CCC[C@H]2c2ccc3c(c2)OCCCO3)c2ccccc21. The van der Waals surface area contributed by atoms with Gasteiger partial charge in [0.1, 0.15) is 6.54 Å². The maximum Gasteiger partial charge on any atom is 0.329 e. The van der Waals surface area contributed by atoms with Crippen LogP contribution in [-0.4, -0.2) is 39.7 Å². The highest BCUT2D eigenvalue weighted by Gasteiger charge is 2.31. The van der Waals surface area contributed by atoms with Crippen molar-refractivity contribution in [3.63, 3.8) is 0 Å². The topological polar surface area (TPSA) is 65.7 Å². The third kappa shape index (κ3) is 3.66. The van der Waals surface area contributed by atoms with Crippen molar-refractivity contribution in [2.45, 2.75) is 51.7 Å². The van der Waals surface area contributed by atoms with Gasteiger partial charge in [0.25, 0.3) is 0 Å². The van der Waals surface area contributed by atoms with Crippen molar-refractivity contribution in [3.8, 4) is 11.5 Å². The Morgan fingerprint density at radius 1 is 1.00 bits per heavy atom. The lowest BCUT2D eigenvalue weighted by molar-refractivity contribution is -0.132. The van der Waals surface area contributed by atoms with Gasteiger partial charge in [-0.25, -0.2) is 4.79 Å². The number of imidazole rings is 1. The van der Waals surface area contributed by atoms with Crippen LogP contribution < -0.4 is 15.2 Å². The zero-order valence-corrected chi connectivity index (χ0v) is 18.5. The van der Waals surface area contributed by atoms with Crippen LogP contribution in [0, 0.1) is 0 Å². The summed E-state index contributed by atoms with van der Waals surface area (Å²) < 4.78 is 15.0. The maximum absolute atomic E-state index is 13.4. The van der Waals surface area contributed by atoms with Gasteiger partial charge in [0.2, 0.25) is 5.91 Å². The second kappa shape index (κ2) is 8.73. The highest BCUT2D eigenvalue weighted by molar-refractivity contribution is 5.81. The first-order chi connectivity index (χ1) is 15.7. The molecule has 32 heavy (non-hydrogen) atoms. The highest BCUT2D eigenvalue weighted by Crippen LogP contribution is 2.38. The van der Waals surface area contributed by atoms with E-state index in [0.717, 1.165) is 53.8 Å². The number of fused-ring (bicyclic) bond motifs is 2. The molecule has 2 aromatic carbocycles. The molecular formula is C25H29N3O4. The molecule has 2 aliphatic rings. The predicted molar refractivity (Wildman–Crippen MR) is 122 cm³/mol. The number of hydrogen-bond acceptors (Lipinski definition) is 4. The molecule has 0 radical (unpaired) electrons. The van der Waals surface area contributed by atoms with E-state index in [1.165, 1.54) is 0 Å². The average molecular weight is 436 g/mol. The number of carbonyl (C=O) groups is 1. The average Bonchev–Trinajstić information content (AvgIpc) is 3.30. The number of amides is 1. The molecule has 1 atom stereocenters. The van der Waals surface area contributed by atoms with Crippen LogP contribution in [0.25, 0.3) is 11.0 Å². The van der Waals surface area contributed by atoms with Crippen molar-refractivity contribution in [3.05, 3.63) is 58.5 Å². The molecule has 7 heteroatoms. The van der Waals surface area contributed by atoms with E-state index in [-0.39, 0.29) is 24.2 Å². The zero-order valence-electron chi connectivity index (χ0n) is 18.5. The van der Waals surface area contributed by atoms with Crippen molar-refractivity contribution < 1.29 is 14.3 Å². The van der Waals surface area contributed by atoms with Crippen LogP contribution in [0.15, 0.2) is 47.3 Å². The van der Waals surface area contributed by atoms with E-state index in [9.17, 15) is 9.59 Å². The molecule has 0 saturated carbocycles. The molecule has 168 valence electrons. The van der Waals surface area contributed by atoms with Crippen molar-refractivity contribution in [1.82, 2.24) is 14.0 Å². The fraction of sp³-hybridized carbons (Fsp3) is 0.440. The van der Waals surface area contributed by atoms with Gasteiger partial charge in [0.05, 0.1) is 30.3 Å². The van der Waals surface area contributed by atoms with Gasteiger partial charge >= 0.3 is 5.69 Å². The second-order valence-electron chi connectivity index (χ2n) is 8.51. The molecule has 1 fully saturated rings. The summed E-state index contributed by atoms with van der Waals surface area (Å²) in [6.07, 6.45) is 3.56. The maximum atomic E-state index is 13.4. The van der Waals surface area contributed by atoms with Gasteiger partial charge in [0, 0.05) is 19.5 Å². The molecular weight excluding hydrogens is 406 g/mol. The Hall–Kier alpha value is -3.22. The third-order valence-electron chi connectivity index (χ3n) is 6.40. The monoisotopic (exact) mass is 435 g/mol. The molecule has 3 heterocycles. The summed E-state index contributed by atoms with van der Waals surface area (Å²) in [7, 11) is 0. The number of rotatable bonds is 5. The minimum atomic E-state index is -0.118. The minimum Gasteiger partial charge on any atom is -0.490 e. The zero-order chi connectivity index (χ0) is 22.1. The molecule has 2 aliphatic heterocycles. The Labute approximate surface area is 187 Å². The lowest BCUT2D eigenvalue weighted by atomic mass is 10.0. The van der Waals surface area contributed by atoms with Crippen molar-refractivity contribution in [1.29, 1.82) is 0 Å². The molecule has 5 rings (SSSR count). The first kappa shape index (κ1) is 20.7. The molecule has 7 nitrogen and oxygen atoms in total. The molecule has 1 amide bonds. The fourth-order valence-electron chi connectivity index (χ4n) is 4.89. The Kier molecular flexibility index (Phi) is 5.64. The Morgan fingerprint density at radius 3 is 2.53 bits per heavy atom. The van der Waals surface area contributed by atoms with Crippen molar-refractivity contribution in [2.75, 3.05) is 19.8 Å². The van der Waals surface area contributed by atoms with Gasteiger partial charge in [0.15, 0.2) is 11.5 Å². The first-order valence-corrected chi connectivity index (χ1v) is 11.5. The van der Waals surface area contributed by atoms with Gasteiger partial charge in [-0.05, 0) is 49.1 Å². The van der Waals surface area contributed by atoms with Gasteiger partial charge < -0.3 is 14.4 Å². The summed E-state index contributed by atoms with van der Waals surface area (Å²) in [6, 6.07) is 13.7. The van der Waals surface area contributed by atoms with E-state index in [4.69, 9.17) is 9.47 Å². The van der Waals surface area contributed by atoms with Crippen LogP contribution in [0.1, 0.15) is 44.2 Å². The lowest BCUT2D eigenvalue weighted by Crippen LogP contribution is -2.36. The lowest BCUT2D eigenvalue weighted by Gasteiger charge is -2.26. The minimum absolute atomic E-state index is 0.0145. The highest BCUT2D eigenvalue weighted by atomic mass is 16.5. The third-order valence-corrected chi connectivity index (χ3v) is 6.40. The Morgan fingerprint density at radius 2 is 1.75 bits per heavy atom. The number of nitrogens with zero attached hydrogens (tertiary/aromatic N) is 3. The van der Waals surface area contributed by atoms with E-state index in [1.54, 1.807) is 9.13 Å². The van der Waals surface area contributed by atoms with E-state index >= 15 is 0 Å². The molecule has 3 aromatic rings. The predicted octanol–water partition coefficient (Wildman–Crippen LogP) is 3.74. The summed E-state index contributed by atoms with van der Waals surface area (Å²) in [6.45, 7) is 4.73. The number of aromatic nitrogens is 2. The van der Waals surface area contributed by atoms with Gasteiger partial charge in [-0.15, -0.1) is 0 Å². The van der Waals surface area contributed by atoms with Crippen LogP contribution >= 0.6 is 0 Å². The summed E-state index contributed by atoms with van der Waals surface area (Å²) >= 11 is 0. The van der Waals surface area contributed by atoms with Gasteiger partial charge in [-0.2, -0.15) is 0 Å². The van der Waals surface area contributed by atoms with E-state index in [2.05, 4.69) is 0 Å². The number of hydrogen-bond donors (Lipinski definition) is 0. The van der Waals surface area contributed by atoms with Crippen LogP contribution in [0.2, 0.25) is 0 Å². The number of ether oxygens (including phenoxy) is 2. The summed E-state index contributed by atoms with van der Waals surface area (Å²) in [5, 5.41) is 0. The number of aryl methyl sites for hydroxylation is 1. The molecule has 0 N–H and O–H groups in total. The van der Waals surface area contributed by atoms with Crippen LogP contribution in [0.4, 0.5) is 0 Å². The first-order valence-electron chi connectivity index (χ1n) is 11.5. The number of para-hydroxylation sites is 2. The smallest absolute Gasteiger partial charge is 0.329 e. The quantitative estimate of drug-likeness (QED) is 0.612. The number of likely N-dealkylation sites (tertiary alicyclic amines) is 1. The molecule has 0 aliphatic carbocycles. The fourth-order valence-corrected chi connectivity index (χ4v) is 4.89. The van der Waals surface area contributed by atoms with E-state index in [0.29, 0.717) is 26.3 Å². The molecule has 0 bridgehead atoms. The normalized spacial score (nSPS) is 18.2. The summed E-state index contributed by atoms with van der Waals surface area (Å²) in [4.78, 5) is 28.4. The summed E-state index contributed by atoms with van der Waals surface area (Å²) in [5.74, 6) is 1.48. The van der Waals surface area contributed by atoms with Gasteiger partial charge in [-0.1, -0.05) is 25.1 Å². The molecule has 1 aromatic heterocycles. The Bertz CT molecular complexity index is 1200. The second-order valence-corrected chi connectivity index (χ2v) is 8.51. The molecule has 0 unspecified atom stereocenters. The molecule has 0 spiro atoms. The van der Waals surface area contributed by atoms with Crippen LogP contribution in [-0.2, 0) is 17.9 Å². The van der Waals surface area contributed by atoms with Crippen molar-refractivity contribution in [2.24, 2.45) is 0 Å². The van der Waals surface area contributed by atoms with Crippen LogP contribution in [0.5, 0.6) is 11.5 Å². The molecule has 1 saturated heterocycles. The standard InChI is InChI=1S/C25H29N3O4/c1-2-12-27-20-7-3-4-8-21(20)28(25(27)30)17-24(29)26-13-5-9-19(26)18-10-11-22-23(16-18)32-15-6-14-31-22/h3-4,7-8,10-11,16,19H,2,5-6,9,12-15,17H2,1H3/t19-/m0/s1. The Balaban J connectivity index is 1.42. The van der Waals surface area contributed by atoms with Gasteiger partial charge in [-0.3, -0.25) is 13.9 Å².